The molecule has 14 heteroatoms. The van der Waals surface area contributed by atoms with Gasteiger partial charge in [0.1, 0.15) is 18.1 Å². The molecule has 196 valence electrons. The normalized spacial score (nSPS) is 14.4. The number of nitrogens with two attached hydrogens (primary N) is 4. The summed E-state index contributed by atoms with van der Waals surface area (Å²) in [6, 6.07) is -4.09. The van der Waals surface area contributed by atoms with Crippen LogP contribution in [-0.4, -0.2) is 77.8 Å². The third-order valence-electron chi connectivity index (χ3n) is 4.93. The zero-order valence-electron chi connectivity index (χ0n) is 19.8. The van der Waals surface area contributed by atoms with Crippen LogP contribution in [0.1, 0.15) is 46.0 Å². The van der Waals surface area contributed by atoms with E-state index < -0.39 is 47.9 Å². The van der Waals surface area contributed by atoms with Crippen LogP contribution < -0.4 is 38.9 Å². The number of carboxylic acids is 1. The highest BCUT2D eigenvalue weighted by atomic mass is 32.1. The van der Waals surface area contributed by atoms with Gasteiger partial charge in [-0.05, 0) is 38.1 Å². The fraction of sp³-hybridized carbons (Fsp3) is 0.750. The van der Waals surface area contributed by atoms with Crippen molar-refractivity contribution in [2.24, 2.45) is 33.8 Å². The third-order valence-corrected chi connectivity index (χ3v) is 5.30. The van der Waals surface area contributed by atoms with Gasteiger partial charge in [0, 0.05) is 12.3 Å². The SMILES string of the molecule is CC(C)C(NC(=O)C(CS)NC(=O)C(CCCN=C(N)N)NC(=O)C(N)CCCCN)C(=O)O. The molecule has 12 N–H and O–H groups in total. The summed E-state index contributed by atoms with van der Waals surface area (Å²) in [5.74, 6) is -3.61. The lowest BCUT2D eigenvalue weighted by Gasteiger charge is -2.25. The lowest BCUT2D eigenvalue weighted by atomic mass is 10.0. The summed E-state index contributed by atoms with van der Waals surface area (Å²) >= 11 is 4.10. The average molecular weight is 505 g/mol. The van der Waals surface area contributed by atoms with E-state index in [0.717, 1.165) is 6.42 Å². The van der Waals surface area contributed by atoms with Crippen LogP contribution in [0.3, 0.4) is 0 Å². The summed E-state index contributed by atoms with van der Waals surface area (Å²) in [4.78, 5) is 53.2. The highest BCUT2D eigenvalue weighted by molar-refractivity contribution is 7.80. The van der Waals surface area contributed by atoms with Gasteiger partial charge in [-0.2, -0.15) is 12.6 Å². The van der Waals surface area contributed by atoms with E-state index in [2.05, 4.69) is 33.6 Å². The van der Waals surface area contributed by atoms with Gasteiger partial charge in [-0.1, -0.05) is 20.3 Å². The average Bonchev–Trinajstić information content (AvgIpc) is 2.76. The topological polar surface area (TPSA) is 241 Å². The highest BCUT2D eigenvalue weighted by Gasteiger charge is 2.30. The number of carbonyl (C=O) groups is 4. The first-order chi connectivity index (χ1) is 15.9. The van der Waals surface area contributed by atoms with Crippen molar-refractivity contribution in [3.05, 3.63) is 0 Å². The van der Waals surface area contributed by atoms with Gasteiger partial charge >= 0.3 is 5.97 Å². The van der Waals surface area contributed by atoms with Gasteiger partial charge in [0.25, 0.3) is 0 Å². The number of thiol groups is 1. The summed E-state index contributed by atoms with van der Waals surface area (Å²) in [7, 11) is 0. The lowest BCUT2D eigenvalue weighted by molar-refractivity contribution is -0.143. The summed E-state index contributed by atoms with van der Waals surface area (Å²) in [5.41, 5.74) is 22.0. The zero-order chi connectivity index (χ0) is 26.3. The summed E-state index contributed by atoms with van der Waals surface area (Å²) < 4.78 is 0. The number of unbranched alkanes of at least 4 members (excludes halogenated alkanes) is 1. The number of aliphatic imine (C=N–C) groups is 1. The number of rotatable bonds is 17. The minimum Gasteiger partial charge on any atom is -0.480 e. The zero-order valence-corrected chi connectivity index (χ0v) is 20.7. The Labute approximate surface area is 205 Å². The number of carbonyl (C=O) groups excluding carboxylic acids is 3. The molecule has 0 rings (SSSR count). The fourth-order valence-electron chi connectivity index (χ4n) is 2.92. The Morgan fingerprint density at radius 2 is 1.50 bits per heavy atom. The standard InChI is InChI=1S/C20H40N8O5S/c1-11(2)15(19(32)33)28-18(31)14(10-34)27-17(30)13(7-5-9-25-20(23)24)26-16(29)12(22)6-3-4-8-21/h11-15,34H,3-10,21-22H2,1-2H3,(H,26,29)(H,27,30)(H,28,31)(H,32,33)(H4,23,24,25). The molecule has 0 aromatic rings. The largest absolute Gasteiger partial charge is 0.480 e. The second-order valence-corrected chi connectivity index (χ2v) is 8.58. The second-order valence-electron chi connectivity index (χ2n) is 8.21. The van der Waals surface area contributed by atoms with Crippen molar-refractivity contribution >= 4 is 42.3 Å². The van der Waals surface area contributed by atoms with Gasteiger partial charge < -0.3 is 44.0 Å². The smallest absolute Gasteiger partial charge is 0.326 e. The van der Waals surface area contributed by atoms with E-state index in [1.807, 2.05) is 0 Å². The quantitative estimate of drug-likeness (QED) is 0.0444. The van der Waals surface area contributed by atoms with Crippen LogP contribution in [-0.2, 0) is 19.2 Å². The number of aliphatic carboxylic acids is 1. The van der Waals surface area contributed by atoms with Crippen molar-refractivity contribution in [1.29, 1.82) is 0 Å². The molecule has 0 aromatic heterocycles. The molecule has 0 aliphatic heterocycles. The molecule has 0 saturated carbocycles. The number of amides is 3. The van der Waals surface area contributed by atoms with Crippen molar-refractivity contribution in [2.75, 3.05) is 18.8 Å². The minimum atomic E-state index is -1.19. The summed E-state index contributed by atoms with van der Waals surface area (Å²) in [6.07, 6.45) is 2.32. The Morgan fingerprint density at radius 3 is 2.00 bits per heavy atom. The molecule has 0 aromatic carbocycles. The number of hydrogen-bond donors (Lipinski definition) is 9. The molecule has 0 aliphatic rings. The van der Waals surface area contributed by atoms with Gasteiger partial charge in [-0.25, -0.2) is 4.79 Å². The van der Waals surface area contributed by atoms with Gasteiger partial charge in [0.15, 0.2) is 5.96 Å². The van der Waals surface area contributed by atoms with Crippen molar-refractivity contribution in [3.63, 3.8) is 0 Å². The monoisotopic (exact) mass is 504 g/mol. The van der Waals surface area contributed by atoms with Crippen LogP contribution in [0.2, 0.25) is 0 Å². The van der Waals surface area contributed by atoms with Crippen LogP contribution in [0, 0.1) is 5.92 Å². The molecule has 4 unspecified atom stereocenters. The molecular weight excluding hydrogens is 464 g/mol. The molecule has 0 radical (unpaired) electrons. The second kappa shape index (κ2) is 16.9. The molecule has 3 amide bonds. The summed E-state index contributed by atoms with van der Waals surface area (Å²) in [5, 5.41) is 16.8. The van der Waals surface area contributed by atoms with Crippen LogP contribution in [0.15, 0.2) is 4.99 Å². The Morgan fingerprint density at radius 1 is 0.912 bits per heavy atom. The predicted molar refractivity (Wildman–Crippen MR) is 133 cm³/mol. The van der Waals surface area contributed by atoms with Crippen molar-refractivity contribution in [1.82, 2.24) is 16.0 Å². The Hall–Kier alpha value is -2.58. The van der Waals surface area contributed by atoms with Crippen LogP contribution in [0.5, 0.6) is 0 Å². The molecule has 0 saturated heterocycles. The van der Waals surface area contributed by atoms with Gasteiger partial charge in [-0.3, -0.25) is 19.4 Å². The Kier molecular flexibility index (Phi) is 15.7. The molecule has 0 fully saturated rings. The van der Waals surface area contributed by atoms with E-state index in [1.165, 1.54) is 0 Å². The first-order valence-electron chi connectivity index (χ1n) is 11.2. The molecule has 0 aliphatic carbocycles. The first kappa shape index (κ1) is 31.4. The van der Waals surface area contributed by atoms with E-state index in [9.17, 15) is 24.3 Å². The minimum absolute atomic E-state index is 0.0880. The maximum Gasteiger partial charge on any atom is 0.326 e. The van der Waals surface area contributed by atoms with Crippen molar-refractivity contribution in [3.8, 4) is 0 Å². The Bertz CT molecular complexity index is 702. The maximum absolute atomic E-state index is 12.9. The first-order valence-corrected chi connectivity index (χ1v) is 11.8. The number of guanidine groups is 1. The molecule has 0 heterocycles. The number of nitrogens with one attached hydrogen (secondary N) is 3. The molecule has 13 nitrogen and oxygen atoms in total. The van der Waals surface area contributed by atoms with Gasteiger partial charge in [0.05, 0.1) is 6.04 Å². The number of nitrogens with zero attached hydrogens (tertiary/aromatic N) is 1. The van der Waals surface area contributed by atoms with Crippen LogP contribution >= 0.6 is 12.6 Å². The third kappa shape index (κ3) is 12.6. The maximum atomic E-state index is 12.9. The van der Waals surface area contributed by atoms with Crippen LogP contribution in [0.4, 0.5) is 0 Å². The van der Waals surface area contributed by atoms with Gasteiger partial charge in [0.2, 0.25) is 17.7 Å². The van der Waals surface area contributed by atoms with E-state index >= 15 is 0 Å². The van der Waals surface area contributed by atoms with E-state index in [1.54, 1.807) is 13.8 Å². The molecule has 0 bridgehead atoms. The fourth-order valence-corrected chi connectivity index (χ4v) is 3.18. The van der Waals surface area contributed by atoms with Gasteiger partial charge in [-0.15, -0.1) is 0 Å². The van der Waals surface area contributed by atoms with Crippen molar-refractivity contribution < 1.29 is 24.3 Å². The number of hydrogen-bond acceptors (Lipinski definition) is 8. The van der Waals surface area contributed by atoms with Crippen molar-refractivity contribution in [2.45, 2.75) is 70.1 Å². The Balaban J connectivity index is 5.30. The van der Waals surface area contributed by atoms with E-state index in [0.29, 0.717) is 25.8 Å². The molecule has 0 spiro atoms. The highest BCUT2D eigenvalue weighted by Crippen LogP contribution is 2.05. The van der Waals surface area contributed by atoms with Crippen LogP contribution in [0.25, 0.3) is 0 Å². The molecular formula is C20H40N8O5S. The van der Waals surface area contributed by atoms with E-state index in [4.69, 9.17) is 22.9 Å². The number of carboxylic acid groups (broad SMARTS) is 1. The molecule has 34 heavy (non-hydrogen) atoms. The van der Waals surface area contributed by atoms with E-state index in [-0.39, 0.29) is 30.6 Å². The molecule has 4 atom stereocenters. The predicted octanol–water partition coefficient (Wildman–Crippen LogP) is -2.38. The lowest BCUT2D eigenvalue weighted by Crippen LogP contribution is -2.58. The summed E-state index contributed by atoms with van der Waals surface area (Å²) in [6.45, 7) is 4.01.